The SMILES string of the molecule is O.[Br-].[CH-]1CCCCC1.[Mg+2]. The number of hydrogen-bond donors (Lipinski definition) is 0. The molecule has 0 bridgehead atoms. The maximum atomic E-state index is 2.39. The Kier molecular flexibility index (Phi) is 22.1. The quantitative estimate of drug-likeness (QED) is 0.322. The van der Waals surface area contributed by atoms with Crippen molar-refractivity contribution in [1.82, 2.24) is 0 Å². The predicted molar refractivity (Wildman–Crippen MR) is 36.8 cm³/mol. The fourth-order valence-corrected chi connectivity index (χ4v) is 0.898. The van der Waals surface area contributed by atoms with Gasteiger partial charge in [0.15, 0.2) is 0 Å². The molecule has 1 aliphatic carbocycles. The van der Waals surface area contributed by atoms with E-state index in [0.29, 0.717) is 0 Å². The van der Waals surface area contributed by atoms with Crippen molar-refractivity contribution >= 4 is 23.1 Å². The van der Waals surface area contributed by atoms with Crippen LogP contribution in [0.5, 0.6) is 0 Å². The van der Waals surface area contributed by atoms with Crippen LogP contribution < -0.4 is 17.0 Å². The van der Waals surface area contributed by atoms with Crippen LogP contribution >= 0.6 is 0 Å². The standard InChI is InChI=1S/C6H11.BrH.Mg.H2O/c1-2-4-6-5-3-1;;;/h1H,2-6H2;1H;;1H2/q-1;;+2;/p-1. The molecule has 1 saturated carbocycles. The summed E-state index contributed by atoms with van der Waals surface area (Å²) in [6.45, 7) is 0. The third-order valence-electron chi connectivity index (χ3n) is 1.32. The van der Waals surface area contributed by atoms with Crippen LogP contribution in [0.15, 0.2) is 0 Å². The van der Waals surface area contributed by atoms with Gasteiger partial charge in [-0.2, -0.15) is 12.8 Å². The number of halogens is 1. The second-order valence-electron chi connectivity index (χ2n) is 1.93. The van der Waals surface area contributed by atoms with Gasteiger partial charge in [0, 0.05) is 0 Å². The van der Waals surface area contributed by atoms with E-state index in [1.165, 1.54) is 32.1 Å². The summed E-state index contributed by atoms with van der Waals surface area (Å²) in [4.78, 5) is 0. The zero-order valence-electron chi connectivity index (χ0n) is 5.70. The number of hydrogen-bond acceptors (Lipinski definition) is 0. The summed E-state index contributed by atoms with van der Waals surface area (Å²) < 4.78 is 0. The van der Waals surface area contributed by atoms with Crippen LogP contribution in [0.3, 0.4) is 0 Å². The molecule has 1 rings (SSSR count). The van der Waals surface area contributed by atoms with E-state index in [1.54, 1.807) is 0 Å². The molecule has 9 heavy (non-hydrogen) atoms. The zero-order chi connectivity index (χ0) is 4.24. The van der Waals surface area contributed by atoms with E-state index < -0.39 is 0 Å². The van der Waals surface area contributed by atoms with Crippen molar-refractivity contribution in [2.45, 2.75) is 32.1 Å². The Morgan fingerprint density at radius 3 is 1.44 bits per heavy atom. The van der Waals surface area contributed by atoms with E-state index in [2.05, 4.69) is 6.42 Å². The first-order valence-corrected chi connectivity index (χ1v) is 2.82. The molecule has 52 valence electrons. The van der Waals surface area contributed by atoms with Crippen molar-refractivity contribution in [3.63, 3.8) is 0 Å². The van der Waals surface area contributed by atoms with E-state index in [9.17, 15) is 0 Å². The van der Waals surface area contributed by atoms with Crippen molar-refractivity contribution in [2.75, 3.05) is 0 Å². The average Bonchev–Trinajstić information content (AvgIpc) is 1.72. The summed E-state index contributed by atoms with van der Waals surface area (Å²) in [7, 11) is 0. The summed E-state index contributed by atoms with van der Waals surface area (Å²) in [6.07, 6.45) is 9.50. The summed E-state index contributed by atoms with van der Waals surface area (Å²) in [5.74, 6) is 0. The Morgan fingerprint density at radius 2 is 1.33 bits per heavy atom. The van der Waals surface area contributed by atoms with E-state index in [1.807, 2.05) is 0 Å². The first-order valence-electron chi connectivity index (χ1n) is 2.82. The van der Waals surface area contributed by atoms with Gasteiger partial charge in [0.1, 0.15) is 0 Å². The Morgan fingerprint density at radius 1 is 0.889 bits per heavy atom. The van der Waals surface area contributed by atoms with Gasteiger partial charge in [-0.15, -0.1) is 0 Å². The summed E-state index contributed by atoms with van der Waals surface area (Å²) in [5, 5.41) is 0. The van der Waals surface area contributed by atoms with E-state index >= 15 is 0 Å². The molecule has 0 aromatic rings. The van der Waals surface area contributed by atoms with Crippen LogP contribution in [0.25, 0.3) is 0 Å². The van der Waals surface area contributed by atoms with Gasteiger partial charge in [0.25, 0.3) is 0 Å². The smallest absolute Gasteiger partial charge is 1.00 e. The summed E-state index contributed by atoms with van der Waals surface area (Å²) in [5.41, 5.74) is 0. The van der Waals surface area contributed by atoms with Gasteiger partial charge in [-0.05, 0) is 0 Å². The van der Waals surface area contributed by atoms with Crippen molar-refractivity contribution < 1.29 is 22.5 Å². The average molecular weight is 205 g/mol. The van der Waals surface area contributed by atoms with E-state index in [-0.39, 0.29) is 45.5 Å². The number of rotatable bonds is 0. The molecule has 1 aliphatic rings. The molecule has 0 aromatic carbocycles. The molecule has 2 N–H and O–H groups in total. The van der Waals surface area contributed by atoms with Gasteiger partial charge in [-0.1, -0.05) is 19.3 Å². The molecule has 0 unspecified atom stereocenters. The van der Waals surface area contributed by atoms with Gasteiger partial charge in [-0.3, -0.25) is 0 Å². The Balaban J connectivity index is -0.000000120. The largest absolute Gasteiger partial charge is 2.00 e. The fraction of sp³-hybridized carbons (Fsp3) is 0.833. The van der Waals surface area contributed by atoms with Crippen LogP contribution in [0.4, 0.5) is 0 Å². The maximum absolute atomic E-state index is 2.39. The Bertz CT molecular complexity index is 28.5. The summed E-state index contributed by atoms with van der Waals surface area (Å²) >= 11 is 0. The molecule has 0 atom stereocenters. The van der Waals surface area contributed by atoms with E-state index in [0.717, 1.165) is 0 Å². The first kappa shape index (κ1) is 16.7. The molecule has 0 radical (unpaired) electrons. The predicted octanol–water partition coefficient (Wildman–Crippen LogP) is -2.05. The van der Waals surface area contributed by atoms with Crippen molar-refractivity contribution in [1.29, 1.82) is 0 Å². The first-order chi connectivity index (χ1) is 3.00. The van der Waals surface area contributed by atoms with Gasteiger partial charge >= 0.3 is 23.1 Å². The minimum Gasteiger partial charge on any atom is -1.00 e. The molecule has 0 spiro atoms. The van der Waals surface area contributed by atoms with Gasteiger partial charge in [0.2, 0.25) is 0 Å². The molecule has 0 aromatic heterocycles. The molecule has 1 fully saturated rings. The second-order valence-corrected chi connectivity index (χ2v) is 1.93. The van der Waals surface area contributed by atoms with Crippen LogP contribution in [-0.4, -0.2) is 28.5 Å². The molecule has 0 aliphatic heterocycles. The van der Waals surface area contributed by atoms with Crippen LogP contribution in [0.1, 0.15) is 32.1 Å². The Hall–Kier alpha value is 1.21. The monoisotopic (exact) mass is 204 g/mol. The van der Waals surface area contributed by atoms with E-state index in [4.69, 9.17) is 0 Å². The van der Waals surface area contributed by atoms with Gasteiger partial charge < -0.3 is 28.9 Å². The molecular weight excluding hydrogens is 192 g/mol. The van der Waals surface area contributed by atoms with Crippen molar-refractivity contribution in [2.24, 2.45) is 0 Å². The molecule has 3 heteroatoms. The van der Waals surface area contributed by atoms with Crippen molar-refractivity contribution in [3.05, 3.63) is 6.42 Å². The van der Waals surface area contributed by atoms with Gasteiger partial charge in [-0.25, -0.2) is 0 Å². The molecule has 0 saturated heterocycles. The fourth-order valence-electron chi connectivity index (χ4n) is 0.898. The minimum atomic E-state index is 0. The van der Waals surface area contributed by atoms with Gasteiger partial charge in [0.05, 0.1) is 0 Å². The van der Waals surface area contributed by atoms with Crippen LogP contribution in [0, 0.1) is 6.42 Å². The second kappa shape index (κ2) is 11.9. The minimum absolute atomic E-state index is 0. The molecule has 0 heterocycles. The molecule has 1 nitrogen and oxygen atoms in total. The van der Waals surface area contributed by atoms with Crippen molar-refractivity contribution in [3.8, 4) is 0 Å². The maximum Gasteiger partial charge on any atom is 2.00 e. The third kappa shape index (κ3) is 9.21. The normalized spacial score (nSPS) is 16.0. The van der Waals surface area contributed by atoms with Crippen LogP contribution in [-0.2, 0) is 0 Å². The summed E-state index contributed by atoms with van der Waals surface area (Å²) in [6, 6.07) is 0. The Labute approximate surface area is 83.8 Å². The molecule has 0 amide bonds. The van der Waals surface area contributed by atoms with Crippen LogP contribution in [0.2, 0.25) is 0 Å². The zero-order valence-corrected chi connectivity index (χ0v) is 8.70. The topological polar surface area (TPSA) is 31.5 Å². The molecular formula is C6H13BrMgO. The third-order valence-corrected chi connectivity index (χ3v) is 1.32.